The number of hydrogen-bond acceptors (Lipinski definition) is 5. The summed E-state index contributed by atoms with van der Waals surface area (Å²) in [5, 5.41) is 0. The highest BCUT2D eigenvalue weighted by molar-refractivity contribution is 6.23. The Bertz CT molecular complexity index is 1780. The SMILES string of the molecule is Cc1cccc(N2C[C@H](C(=O)Oc3ccc(N4C(=O)[C@@H]5C6c7ccccc7C(c7ccccc76)[C@@H]5C4=O)cc3)CC2=O)c1C. The molecular weight excluding hydrogens is 552 g/mol. The number of carbonyl (C=O) groups excluding carboxylic acids is 4. The second-order valence-electron chi connectivity index (χ2n) is 12.3. The van der Waals surface area contributed by atoms with Crippen LogP contribution >= 0.6 is 0 Å². The van der Waals surface area contributed by atoms with Crippen molar-refractivity contribution in [1.82, 2.24) is 0 Å². The molecule has 4 aromatic rings. The number of ether oxygens (including phenoxy) is 1. The summed E-state index contributed by atoms with van der Waals surface area (Å²) in [5.74, 6) is -2.54. The van der Waals surface area contributed by atoms with E-state index in [0.717, 1.165) is 39.1 Å². The van der Waals surface area contributed by atoms with Crippen molar-refractivity contribution in [2.75, 3.05) is 16.3 Å². The normalized spacial score (nSPS) is 24.8. The number of anilines is 2. The topological polar surface area (TPSA) is 84.0 Å². The Labute approximate surface area is 255 Å². The first-order chi connectivity index (χ1) is 21.3. The van der Waals surface area contributed by atoms with E-state index in [4.69, 9.17) is 4.74 Å². The van der Waals surface area contributed by atoms with Crippen LogP contribution in [0.1, 0.15) is 51.6 Å². The summed E-state index contributed by atoms with van der Waals surface area (Å²) >= 11 is 0. The largest absolute Gasteiger partial charge is 0.426 e. The van der Waals surface area contributed by atoms with Crippen molar-refractivity contribution < 1.29 is 23.9 Å². The van der Waals surface area contributed by atoms with Gasteiger partial charge in [-0.2, -0.15) is 0 Å². The second kappa shape index (κ2) is 9.74. The molecule has 0 aromatic heterocycles. The highest BCUT2D eigenvalue weighted by atomic mass is 16.5. The fourth-order valence-corrected chi connectivity index (χ4v) is 7.92. The van der Waals surface area contributed by atoms with Crippen molar-refractivity contribution >= 4 is 35.1 Å². The molecule has 0 N–H and O–H groups in total. The van der Waals surface area contributed by atoms with Crippen LogP contribution in [0.25, 0.3) is 0 Å². The maximum Gasteiger partial charge on any atom is 0.316 e. The third-order valence-corrected chi connectivity index (χ3v) is 10.1. The summed E-state index contributed by atoms with van der Waals surface area (Å²) in [4.78, 5) is 56.9. The molecule has 2 aliphatic heterocycles. The Kier molecular flexibility index (Phi) is 5.88. The molecule has 4 aromatic carbocycles. The van der Waals surface area contributed by atoms with E-state index in [2.05, 4.69) is 24.3 Å². The molecule has 0 unspecified atom stereocenters. The summed E-state index contributed by atoms with van der Waals surface area (Å²) in [5.41, 5.74) is 7.88. The number of rotatable bonds is 4. The van der Waals surface area contributed by atoms with Crippen molar-refractivity contribution in [2.45, 2.75) is 32.1 Å². The number of aryl methyl sites for hydroxylation is 1. The molecular formula is C37H30N2O5. The van der Waals surface area contributed by atoms with E-state index in [9.17, 15) is 19.2 Å². The van der Waals surface area contributed by atoms with Gasteiger partial charge < -0.3 is 9.64 Å². The molecule has 2 fully saturated rings. The molecule has 2 bridgehead atoms. The van der Waals surface area contributed by atoms with Gasteiger partial charge in [-0.3, -0.25) is 19.2 Å². The molecule has 3 aliphatic carbocycles. The molecule has 9 rings (SSSR count). The highest BCUT2D eigenvalue weighted by Gasteiger charge is 2.61. The van der Waals surface area contributed by atoms with Gasteiger partial charge in [0.25, 0.3) is 0 Å². The smallest absolute Gasteiger partial charge is 0.316 e. The Hall–Kier alpha value is -5.04. The molecule has 3 amide bonds. The Morgan fingerprint density at radius 1 is 0.705 bits per heavy atom. The van der Waals surface area contributed by atoms with Crippen molar-refractivity contribution in [3.05, 3.63) is 124 Å². The van der Waals surface area contributed by atoms with Gasteiger partial charge in [0.15, 0.2) is 0 Å². The molecule has 0 saturated carbocycles. The minimum Gasteiger partial charge on any atom is -0.426 e. The maximum absolute atomic E-state index is 14.0. The summed E-state index contributed by atoms with van der Waals surface area (Å²) < 4.78 is 5.67. The van der Waals surface area contributed by atoms with Crippen LogP contribution in [0.2, 0.25) is 0 Å². The maximum atomic E-state index is 14.0. The van der Waals surface area contributed by atoms with Gasteiger partial charge in [-0.1, -0.05) is 60.7 Å². The first-order valence-electron chi connectivity index (χ1n) is 15.1. The van der Waals surface area contributed by atoms with Crippen LogP contribution in [0.4, 0.5) is 11.4 Å². The molecule has 0 spiro atoms. The third kappa shape index (κ3) is 3.75. The monoisotopic (exact) mass is 582 g/mol. The molecule has 44 heavy (non-hydrogen) atoms. The van der Waals surface area contributed by atoms with E-state index in [1.807, 2.05) is 56.3 Å². The van der Waals surface area contributed by atoms with E-state index < -0.39 is 23.7 Å². The summed E-state index contributed by atoms with van der Waals surface area (Å²) in [6, 6.07) is 28.6. The molecule has 218 valence electrons. The van der Waals surface area contributed by atoms with E-state index in [1.54, 1.807) is 29.2 Å². The van der Waals surface area contributed by atoms with E-state index in [1.165, 1.54) is 4.90 Å². The number of carbonyl (C=O) groups is 4. The summed E-state index contributed by atoms with van der Waals surface area (Å²) in [6.07, 6.45) is 0.0803. The minimum absolute atomic E-state index is 0.0803. The molecule has 3 atom stereocenters. The number of nitrogens with zero attached hydrogens (tertiary/aromatic N) is 2. The average molecular weight is 583 g/mol. The first kappa shape index (κ1) is 26.6. The third-order valence-electron chi connectivity index (χ3n) is 10.1. The van der Waals surface area contributed by atoms with Gasteiger partial charge in [0.1, 0.15) is 5.75 Å². The molecule has 0 radical (unpaired) electrons. The van der Waals surface area contributed by atoms with Gasteiger partial charge in [0, 0.05) is 30.5 Å². The van der Waals surface area contributed by atoms with Crippen LogP contribution in [0.5, 0.6) is 5.75 Å². The highest BCUT2D eigenvalue weighted by Crippen LogP contribution is 2.61. The zero-order valence-electron chi connectivity index (χ0n) is 24.4. The van der Waals surface area contributed by atoms with Crippen molar-refractivity contribution in [2.24, 2.45) is 17.8 Å². The zero-order valence-corrected chi connectivity index (χ0v) is 24.4. The number of benzene rings is 4. The lowest BCUT2D eigenvalue weighted by atomic mass is 9.55. The average Bonchev–Trinajstić information content (AvgIpc) is 3.55. The predicted molar refractivity (Wildman–Crippen MR) is 164 cm³/mol. The quantitative estimate of drug-likeness (QED) is 0.176. The van der Waals surface area contributed by atoms with Gasteiger partial charge in [0.2, 0.25) is 17.7 Å². The summed E-state index contributed by atoms with van der Waals surface area (Å²) in [7, 11) is 0. The van der Waals surface area contributed by atoms with Gasteiger partial charge in [-0.05, 0) is 77.6 Å². The first-order valence-corrected chi connectivity index (χ1v) is 15.1. The predicted octanol–water partition coefficient (Wildman–Crippen LogP) is 5.66. The van der Waals surface area contributed by atoms with E-state index in [-0.39, 0.29) is 42.5 Å². The fourth-order valence-electron chi connectivity index (χ4n) is 7.92. The Balaban J connectivity index is 1.02. The summed E-state index contributed by atoms with van der Waals surface area (Å²) in [6.45, 7) is 4.22. The second-order valence-corrected chi connectivity index (χ2v) is 12.3. The number of imide groups is 1. The van der Waals surface area contributed by atoms with E-state index in [0.29, 0.717) is 11.4 Å². The molecule has 7 nitrogen and oxygen atoms in total. The minimum atomic E-state index is -0.592. The molecule has 7 heteroatoms. The van der Waals surface area contributed by atoms with Crippen molar-refractivity contribution in [3.63, 3.8) is 0 Å². The van der Waals surface area contributed by atoms with Crippen LogP contribution in [-0.4, -0.2) is 30.2 Å². The lowest BCUT2D eigenvalue weighted by Gasteiger charge is -2.45. The lowest BCUT2D eigenvalue weighted by molar-refractivity contribution is -0.139. The molecule has 2 saturated heterocycles. The van der Waals surface area contributed by atoms with Gasteiger partial charge in [-0.25, -0.2) is 4.90 Å². The number of hydrogen-bond donors (Lipinski definition) is 0. The van der Waals surface area contributed by atoms with Gasteiger partial charge >= 0.3 is 5.97 Å². The molecule has 2 heterocycles. The van der Waals surface area contributed by atoms with Crippen LogP contribution in [0.3, 0.4) is 0 Å². The van der Waals surface area contributed by atoms with Crippen molar-refractivity contribution in [3.8, 4) is 5.75 Å². The standard InChI is InChI=1S/C37H30N2O5/c1-20-8-7-13-29(21(20)2)38-19-22(18-30(38)40)37(43)44-24-16-14-23(15-17-24)39-35(41)33-31-25-9-3-4-10-26(25)32(34(33)36(39)42)28-12-6-5-11-27(28)31/h3-17,22,31-34H,18-19H2,1-2H3/t22-,31?,32?,33-,34+/m1/s1. The van der Waals surface area contributed by atoms with Crippen LogP contribution in [0.15, 0.2) is 91.0 Å². The Morgan fingerprint density at radius 3 is 1.80 bits per heavy atom. The van der Waals surface area contributed by atoms with Crippen molar-refractivity contribution in [1.29, 1.82) is 0 Å². The molecule has 5 aliphatic rings. The Morgan fingerprint density at radius 2 is 1.25 bits per heavy atom. The van der Waals surface area contributed by atoms with Gasteiger partial charge in [0.05, 0.1) is 23.4 Å². The van der Waals surface area contributed by atoms with Gasteiger partial charge in [-0.15, -0.1) is 0 Å². The van der Waals surface area contributed by atoms with Crippen LogP contribution in [0, 0.1) is 31.6 Å². The fraction of sp³-hybridized carbons (Fsp3) is 0.243. The lowest BCUT2D eigenvalue weighted by Crippen LogP contribution is -2.41. The zero-order chi connectivity index (χ0) is 30.3. The van der Waals surface area contributed by atoms with E-state index >= 15 is 0 Å². The van der Waals surface area contributed by atoms with Crippen LogP contribution in [-0.2, 0) is 19.2 Å². The number of esters is 1. The number of amides is 3. The van der Waals surface area contributed by atoms with Crippen LogP contribution < -0.4 is 14.5 Å².